The number of rotatable bonds is 3. The summed E-state index contributed by atoms with van der Waals surface area (Å²) in [6, 6.07) is 5.33. The smallest absolute Gasteiger partial charge is 0.135 e. The molecule has 1 aromatic carbocycles. The van der Waals surface area contributed by atoms with Gasteiger partial charge >= 0.3 is 0 Å². The molecule has 4 nitrogen and oxygen atoms in total. The SMILES string of the molecule is CC(O)CNc1nccc2c(N)ccc(Cl)c12. The van der Waals surface area contributed by atoms with Crippen molar-refractivity contribution in [2.75, 3.05) is 17.6 Å². The van der Waals surface area contributed by atoms with Crippen LogP contribution in [0.15, 0.2) is 24.4 Å². The van der Waals surface area contributed by atoms with Crippen molar-refractivity contribution in [2.45, 2.75) is 13.0 Å². The number of pyridine rings is 1. The molecule has 0 fully saturated rings. The third-order valence-corrected chi connectivity index (χ3v) is 2.79. The highest BCUT2D eigenvalue weighted by atomic mass is 35.5. The van der Waals surface area contributed by atoms with Crippen LogP contribution in [0.2, 0.25) is 5.02 Å². The summed E-state index contributed by atoms with van der Waals surface area (Å²) in [4.78, 5) is 4.22. The number of nitrogens with two attached hydrogens (primary N) is 1. The Kier molecular flexibility index (Phi) is 3.36. The van der Waals surface area contributed by atoms with Gasteiger partial charge < -0.3 is 16.2 Å². The number of benzene rings is 1. The monoisotopic (exact) mass is 251 g/mol. The van der Waals surface area contributed by atoms with Crippen molar-refractivity contribution in [3.05, 3.63) is 29.4 Å². The van der Waals surface area contributed by atoms with Gasteiger partial charge in [-0.1, -0.05) is 11.6 Å². The van der Waals surface area contributed by atoms with Gasteiger partial charge in [-0.3, -0.25) is 0 Å². The molecule has 0 saturated carbocycles. The molecule has 2 aromatic rings. The van der Waals surface area contributed by atoms with Crippen LogP contribution < -0.4 is 11.1 Å². The van der Waals surface area contributed by atoms with E-state index in [-0.39, 0.29) is 0 Å². The van der Waals surface area contributed by atoms with E-state index in [0.717, 1.165) is 10.8 Å². The van der Waals surface area contributed by atoms with E-state index >= 15 is 0 Å². The van der Waals surface area contributed by atoms with E-state index in [9.17, 15) is 5.11 Å². The van der Waals surface area contributed by atoms with Crippen molar-refractivity contribution in [1.82, 2.24) is 4.98 Å². The van der Waals surface area contributed by atoms with Crippen LogP contribution in [-0.4, -0.2) is 22.7 Å². The van der Waals surface area contributed by atoms with Gasteiger partial charge in [-0.2, -0.15) is 0 Å². The first-order valence-electron chi connectivity index (χ1n) is 5.34. The van der Waals surface area contributed by atoms with Gasteiger partial charge in [0.25, 0.3) is 0 Å². The number of aromatic nitrogens is 1. The van der Waals surface area contributed by atoms with Crippen LogP contribution in [0.4, 0.5) is 11.5 Å². The van der Waals surface area contributed by atoms with Crippen molar-refractivity contribution < 1.29 is 5.11 Å². The molecule has 0 aliphatic carbocycles. The molecule has 0 amide bonds. The molecule has 90 valence electrons. The second kappa shape index (κ2) is 4.77. The number of aliphatic hydroxyl groups excluding tert-OH is 1. The maximum absolute atomic E-state index is 9.26. The zero-order valence-electron chi connectivity index (χ0n) is 9.44. The van der Waals surface area contributed by atoms with Gasteiger partial charge in [0.05, 0.1) is 11.1 Å². The Labute approximate surface area is 104 Å². The molecule has 4 N–H and O–H groups in total. The van der Waals surface area contributed by atoms with Crippen LogP contribution in [-0.2, 0) is 0 Å². The maximum atomic E-state index is 9.26. The highest BCUT2D eigenvalue weighted by molar-refractivity contribution is 6.37. The molecular formula is C12H14ClN3O. The molecule has 1 atom stereocenters. The molecule has 17 heavy (non-hydrogen) atoms. The van der Waals surface area contributed by atoms with Gasteiger partial charge in [0.15, 0.2) is 0 Å². The molecule has 1 heterocycles. The van der Waals surface area contributed by atoms with Crippen LogP contribution in [0.1, 0.15) is 6.92 Å². The molecule has 0 saturated heterocycles. The second-order valence-electron chi connectivity index (χ2n) is 3.95. The van der Waals surface area contributed by atoms with Crippen LogP contribution in [0, 0.1) is 0 Å². The summed E-state index contributed by atoms with van der Waals surface area (Å²) in [5.74, 6) is 0.640. The summed E-state index contributed by atoms with van der Waals surface area (Å²) >= 11 is 6.15. The molecule has 2 rings (SSSR count). The number of aliphatic hydroxyl groups is 1. The average Bonchev–Trinajstić information content (AvgIpc) is 2.31. The first-order chi connectivity index (χ1) is 8.09. The van der Waals surface area contributed by atoms with Crippen molar-refractivity contribution in [3.8, 4) is 0 Å². The van der Waals surface area contributed by atoms with Gasteiger partial charge in [-0.05, 0) is 25.1 Å². The predicted molar refractivity (Wildman–Crippen MR) is 71.3 cm³/mol. The number of nitrogens with zero attached hydrogens (tertiary/aromatic N) is 1. The third-order valence-electron chi connectivity index (χ3n) is 2.47. The first-order valence-corrected chi connectivity index (χ1v) is 5.72. The molecule has 1 aromatic heterocycles. The Morgan fingerprint density at radius 3 is 2.94 bits per heavy atom. The lowest BCUT2D eigenvalue weighted by Crippen LogP contribution is -2.16. The number of fused-ring (bicyclic) bond motifs is 1. The molecule has 5 heteroatoms. The van der Waals surface area contributed by atoms with Crippen molar-refractivity contribution in [1.29, 1.82) is 0 Å². The Morgan fingerprint density at radius 1 is 1.47 bits per heavy atom. The standard InChI is InChI=1S/C12H14ClN3O/c1-7(17)6-16-12-11-8(4-5-15-12)10(14)3-2-9(11)13/h2-5,7,17H,6,14H2,1H3,(H,15,16). The molecule has 1 unspecified atom stereocenters. The van der Waals surface area contributed by atoms with Gasteiger partial charge in [0.1, 0.15) is 5.82 Å². The average molecular weight is 252 g/mol. The molecule has 0 radical (unpaired) electrons. The number of anilines is 2. The summed E-state index contributed by atoms with van der Waals surface area (Å²) in [7, 11) is 0. The summed E-state index contributed by atoms with van der Waals surface area (Å²) in [6.45, 7) is 2.12. The van der Waals surface area contributed by atoms with Crippen LogP contribution in [0.5, 0.6) is 0 Å². The quantitative estimate of drug-likeness (QED) is 0.732. The molecule has 0 bridgehead atoms. The fraction of sp³-hybridized carbons (Fsp3) is 0.250. The zero-order chi connectivity index (χ0) is 12.4. The lowest BCUT2D eigenvalue weighted by molar-refractivity contribution is 0.208. The van der Waals surface area contributed by atoms with E-state index in [1.807, 2.05) is 6.07 Å². The van der Waals surface area contributed by atoms with E-state index < -0.39 is 6.10 Å². The Morgan fingerprint density at radius 2 is 2.24 bits per heavy atom. The van der Waals surface area contributed by atoms with Crippen molar-refractivity contribution in [2.24, 2.45) is 0 Å². The maximum Gasteiger partial charge on any atom is 0.135 e. The summed E-state index contributed by atoms with van der Waals surface area (Å²) < 4.78 is 0. The minimum absolute atomic E-state index is 0.414. The van der Waals surface area contributed by atoms with Gasteiger partial charge in [0, 0.05) is 29.2 Å². The van der Waals surface area contributed by atoms with E-state index in [4.69, 9.17) is 17.3 Å². The van der Waals surface area contributed by atoms with Gasteiger partial charge in [-0.15, -0.1) is 0 Å². The van der Waals surface area contributed by atoms with Gasteiger partial charge in [0.2, 0.25) is 0 Å². The lowest BCUT2D eigenvalue weighted by Gasteiger charge is -2.12. The van der Waals surface area contributed by atoms with Crippen LogP contribution in [0.3, 0.4) is 0 Å². The summed E-state index contributed by atoms with van der Waals surface area (Å²) in [5.41, 5.74) is 6.55. The molecule has 0 aliphatic heterocycles. The Bertz CT molecular complexity index is 543. The predicted octanol–water partition coefficient (Wildman–Crippen LogP) is 2.26. The Hall–Kier alpha value is -1.52. The van der Waals surface area contributed by atoms with E-state index in [1.54, 1.807) is 25.3 Å². The van der Waals surface area contributed by atoms with Crippen molar-refractivity contribution >= 4 is 33.9 Å². The van der Waals surface area contributed by atoms with Gasteiger partial charge in [-0.25, -0.2) is 4.98 Å². The minimum atomic E-state index is -0.452. The van der Waals surface area contributed by atoms with Crippen LogP contribution in [0.25, 0.3) is 10.8 Å². The number of nitrogens with one attached hydrogen (secondary N) is 1. The second-order valence-corrected chi connectivity index (χ2v) is 4.36. The number of hydrogen-bond acceptors (Lipinski definition) is 4. The summed E-state index contributed by atoms with van der Waals surface area (Å²) in [6.07, 6.45) is 1.21. The Balaban J connectivity index is 2.52. The lowest BCUT2D eigenvalue weighted by atomic mass is 10.1. The third kappa shape index (κ3) is 2.43. The van der Waals surface area contributed by atoms with E-state index in [1.165, 1.54) is 0 Å². The zero-order valence-corrected chi connectivity index (χ0v) is 10.2. The fourth-order valence-corrected chi connectivity index (χ4v) is 1.91. The van der Waals surface area contributed by atoms with Crippen molar-refractivity contribution in [3.63, 3.8) is 0 Å². The highest BCUT2D eigenvalue weighted by Gasteiger charge is 2.09. The normalized spacial score (nSPS) is 12.6. The number of hydrogen-bond donors (Lipinski definition) is 3. The number of nitrogen functional groups attached to an aromatic ring is 1. The summed E-state index contributed by atoms with van der Waals surface area (Å²) in [5, 5.41) is 14.6. The van der Waals surface area contributed by atoms with E-state index in [0.29, 0.717) is 23.1 Å². The van der Waals surface area contributed by atoms with Crippen LogP contribution >= 0.6 is 11.6 Å². The molecule has 0 spiro atoms. The largest absolute Gasteiger partial charge is 0.398 e. The molecular weight excluding hydrogens is 238 g/mol. The number of halogens is 1. The molecule has 0 aliphatic rings. The topological polar surface area (TPSA) is 71.2 Å². The first kappa shape index (κ1) is 12.0. The minimum Gasteiger partial charge on any atom is -0.398 e. The fourth-order valence-electron chi connectivity index (χ4n) is 1.66. The van der Waals surface area contributed by atoms with E-state index in [2.05, 4.69) is 10.3 Å². The highest BCUT2D eigenvalue weighted by Crippen LogP contribution is 2.32.